The van der Waals surface area contributed by atoms with E-state index in [0.29, 0.717) is 11.3 Å². The summed E-state index contributed by atoms with van der Waals surface area (Å²) in [5, 5.41) is 6.29. The standard InChI is InChI=1S/C27H20F6N4O/c1-16-8-12-18(13-9-16)25(27(31,32)33)21-22(26(28,29)30)36-37(20-6-4-3-5-7-20)23(21)38-24(35-25)34-19-14-10-17(2)11-15-19/h3-15H,1-2H3,(H,34,35)/t25-/m0/s1. The number of aliphatic imine (C=N–C) groups is 1. The van der Waals surface area contributed by atoms with Crippen LogP contribution in [0, 0.1) is 13.8 Å². The van der Waals surface area contributed by atoms with Crippen LogP contribution < -0.4 is 10.1 Å². The molecule has 1 aliphatic heterocycles. The quantitative estimate of drug-likeness (QED) is 0.286. The molecule has 0 spiro atoms. The molecule has 0 amide bonds. The molecule has 0 aliphatic carbocycles. The molecule has 0 radical (unpaired) electrons. The van der Waals surface area contributed by atoms with Crippen molar-refractivity contribution in [2.75, 3.05) is 5.32 Å². The van der Waals surface area contributed by atoms with E-state index in [1.807, 2.05) is 6.92 Å². The van der Waals surface area contributed by atoms with Gasteiger partial charge in [-0.15, -0.1) is 0 Å². The number of anilines is 1. The summed E-state index contributed by atoms with van der Waals surface area (Å²) in [7, 11) is 0. The Balaban J connectivity index is 1.85. The lowest BCUT2D eigenvalue weighted by Crippen LogP contribution is -2.47. The van der Waals surface area contributed by atoms with Gasteiger partial charge in [0, 0.05) is 5.69 Å². The van der Waals surface area contributed by atoms with Gasteiger partial charge in [0.05, 0.1) is 11.3 Å². The molecule has 3 aromatic carbocycles. The summed E-state index contributed by atoms with van der Waals surface area (Å²) >= 11 is 0. The number of nitrogens with zero attached hydrogens (tertiary/aromatic N) is 3. The van der Waals surface area contributed by atoms with Crippen LogP contribution in [0.2, 0.25) is 0 Å². The number of aryl methyl sites for hydroxylation is 2. The highest BCUT2D eigenvalue weighted by Gasteiger charge is 2.65. The Morgan fingerprint density at radius 3 is 1.92 bits per heavy atom. The van der Waals surface area contributed by atoms with E-state index in [0.717, 1.165) is 22.4 Å². The van der Waals surface area contributed by atoms with E-state index in [9.17, 15) is 13.2 Å². The number of ether oxygens (including phenoxy) is 1. The molecule has 5 rings (SSSR count). The van der Waals surface area contributed by atoms with Gasteiger partial charge in [-0.1, -0.05) is 65.7 Å². The molecule has 2 heterocycles. The molecule has 1 aliphatic rings. The van der Waals surface area contributed by atoms with Crippen LogP contribution in [0.1, 0.15) is 27.9 Å². The number of aromatic nitrogens is 2. The van der Waals surface area contributed by atoms with Crippen LogP contribution in [0.5, 0.6) is 5.88 Å². The lowest BCUT2D eigenvalue weighted by atomic mass is 9.81. The Bertz CT molecular complexity index is 1490. The Morgan fingerprint density at radius 1 is 0.789 bits per heavy atom. The van der Waals surface area contributed by atoms with E-state index < -0.39 is 46.6 Å². The first-order chi connectivity index (χ1) is 17.9. The van der Waals surface area contributed by atoms with E-state index in [2.05, 4.69) is 15.4 Å². The van der Waals surface area contributed by atoms with Crippen molar-refractivity contribution in [3.8, 4) is 11.6 Å². The average molecular weight is 530 g/mol. The third-order valence-corrected chi connectivity index (χ3v) is 6.12. The zero-order valence-corrected chi connectivity index (χ0v) is 20.0. The summed E-state index contributed by atoms with van der Waals surface area (Å²) in [6.07, 6.45) is -10.6. The van der Waals surface area contributed by atoms with Gasteiger partial charge in [-0.05, 0) is 43.7 Å². The molecule has 5 nitrogen and oxygen atoms in total. The molecule has 1 atom stereocenters. The Hall–Kier alpha value is -4.28. The second-order valence-corrected chi connectivity index (χ2v) is 8.86. The molecular formula is C27H20F6N4O. The van der Waals surface area contributed by atoms with Crippen molar-refractivity contribution in [3.63, 3.8) is 0 Å². The third kappa shape index (κ3) is 4.27. The maximum atomic E-state index is 15.2. The molecule has 1 N–H and O–H groups in total. The van der Waals surface area contributed by atoms with E-state index >= 15 is 13.2 Å². The number of nitrogens with one attached hydrogen (secondary N) is 1. The number of halogens is 6. The van der Waals surface area contributed by atoms with Gasteiger partial charge in [-0.3, -0.25) is 0 Å². The van der Waals surface area contributed by atoms with Crippen LogP contribution in [-0.2, 0) is 11.7 Å². The van der Waals surface area contributed by atoms with Gasteiger partial charge in [-0.25, -0.2) is 4.99 Å². The highest BCUT2D eigenvalue weighted by Crippen LogP contribution is 2.56. The Labute approximate surface area is 213 Å². The van der Waals surface area contributed by atoms with E-state index in [1.165, 1.54) is 36.4 Å². The zero-order chi connectivity index (χ0) is 27.3. The van der Waals surface area contributed by atoms with Crippen LogP contribution in [0.15, 0.2) is 83.9 Å². The molecular weight excluding hydrogens is 510 g/mol. The largest absolute Gasteiger partial charge is 0.435 e. The second-order valence-electron chi connectivity index (χ2n) is 8.86. The van der Waals surface area contributed by atoms with Gasteiger partial charge in [0.2, 0.25) is 11.4 Å². The summed E-state index contributed by atoms with van der Waals surface area (Å²) < 4.78 is 95.0. The van der Waals surface area contributed by atoms with Crippen LogP contribution in [-0.4, -0.2) is 22.0 Å². The Morgan fingerprint density at radius 2 is 1.37 bits per heavy atom. The van der Waals surface area contributed by atoms with Crippen molar-refractivity contribution in [1.82, 2.24) is 9.78 Å². The van der Waals surface area contributed by atoms with Gasteiger partial charge in [0.1, 0.15) is 0 Å². The summed E-state index contributed by atoms with van der Waals surface area (Å²) in [4.78, 5) is 3.83. The lowest BCUT2D eigenvalue weighted by molar-refractivity contribution is -0.181. The number of rotatable bonds is 3. The topological polar surface area (TPSA) is 51.4 Å². The number of amidine groups is 1. The van der Waals surface area contributed by atoms with E-state index in [4.69, 9.17) is 4.74 Å². The highest BCUT2D eigenvalue weighted by molar-refractivity contribution is 5.92. The minimum absolute atomic E-state index is 0.0795. The number of para-hydroxylation sites is 1. The number of benzene rings is 3. The summed E-state index contributed by atoms with van der Waals surface area (Å²) in [5.74, 6) is -0.744. The lowest BCUT2D eigenvalue weighted by Gasteiger charge is -2.36. The summed E-state index contributed by atoms with van der Waals surface area (Å²) in [6, 6.07) is 18.5. The molecule has 0 saturated carbocycles. The number of fused-ring (bicyclic) bond motifs is 1. The number of alkyl halides is 6. The average Bonchev–Trinajstić information content (AvgIpc) is 3.26. The fourth-order valence-corrected chi connectivity index (χ4v) is 4.27. The van der Waals surface area contributed by atoms with Crippen molar-refractivity contribution in [2.45, 2.75) is 31.7 Å². The Kier molecular flexibility index (Phi) is 5.96. The highest BCUT2D eigenvalue weighted by atomic mass is 19.4. The smallest absolute Gasteiger partial charge is 0.406 e. The van der Waals surface area contributed by atoms with Crippen molar-refractivity contribution in [2.24, 2.45) is 4.99 Å². The van der Waals surface area contributed by atoms with Crippen molar-refractivity contribution < 1.29 is 31.1 Å². The minimum atomic E-state index is -5.31. The fraction of sp³-hybridized carbons (Fsp3) is 0.185. The van der Waals surface area contributed by atoms with Gasteiger partial charge >= 0.3 is 12.4 Å². The molecule has 0 fully saturated rings. The monoisotopic (exact) mass is 530 g/mol. The SMILES string of the molecule is Cc1ccc(NC2=N[C@](c3ccc(C)cc3)(C(F)(F)F)c3c(C(F)(F)F)nn(-c4ccccc4)c3O2)cc1. The van der Waals surface area contributed by atoms with E-state index in [1.54, 1.807) is 37.3 Å². The van der Waals surface area contributed by atoms with Crippen LogP contribution >= 0.6 is 0 Å². The van der Waals surface area contributed by atoms with Crippen LogP contribution in [0.4, 0.5) is 32.0 Å². The predicted molar refractivity (Wildman–Crippen MR) is 129 cm³/mol. The predicted octanol–water partition coefficient (Wildman–Crippen LogP) is 7.17. The second kappa shape index (κ2) is 8.93. The molecule has 38 heavy (non-hydrogen) atoms. The third-order valence-electron chi connectivity index (χ3n) is 6.12. The first-order valence-electron chi connectivity index (χ1n) is 11.4. The maximum absolute atomic E-state index is 15.2. The van der Waals surface area contributed by atoms with E-state index in [-0.39, 0.29) is 5.69 Å². The molecule has 4 aromatic rings. The molecule has 0 bridgehead atoms. The summed E-state index contributed by atoms with van der Waals surface area (Å²) in [6.45, 7) is 3.48. The number of hydrogen-bond acceptors (Lipinski definition) is 4. The fourth-order valence-electron chi connectivity index (χ4n) is 4.27. The maximum Gasteiger partial charge on any atom is 0.435 e. The van der Waals surface area contributed by atoms with Crippen molar-refractivity contribution in [1.29, 1.82) is 0 Å². The van der Waals surface area contributed by atoms with Crippen LogP contribution in [0.3, 0.4) is 0 Å². The van der Waals surface area contributed by atoms with Gasteiger partial charge in [0.15, 0.2) is 5.69 Å². The first kappa shape index (κ1) is 25.4. The molecule has 196 valence electrons. The summed E-state index contributed by atoms with van der Waals surface area (Å²) in [5.41, 5.74) is -5.04. The van der Waals surface area contributed by atoms with Crippen molar-refractivity contribution in [3.05, 3.63) is 107 Å². The molecule has 11 heteroatoms. The molecule has 1 aromatic heterocycles. The van der Waals surface area contributed by atoms with Gasteiger partial charge in [0.25, 0.3) is 6.02 Å². The normalized spacial score (nSPS) is 17.4. The van der Waals surface area contributed by atoms with Crippen LogP contribution in [0.25, 0.3) is 5.69 Å². The number of hydrogen-bond donors (Lipinski definition) is 1. The minimum Gasteiger partial charge on any atom is -0.406 e. The van der Waals surface area contributed by atoms with Gasteiger partial charge < -0.3 is 10.1 Å². The molecule has 0 unspecified atom stereocenters. The molecule has 0 saturated heterocycles. The van der Waals surface area contributed by atoms with Crippen molar-refractivity contribution >= 4 is 11.7 Å². The van der Waals surface area contributed by atoms with Gasteiger partial charge in [-0.2, -0.15) is 36.1 Å². The zero-order valence-electron chi connectivity index (χ0n) is 20.0. The first-order valence-corrected chi connectivity index (χ1v) is 11.4.